The van der Waals surface area contributed by atoms with Crippen molar-refractivity contribution in [3.8, 4) is 5.75 Å². The molecule has 1 aliphatic carbocycles. The minimum Gasteiger partial charge on any atom is -0.490 e. The summed E-state index contributed by atoms with van der Waals surface area (Å²) in [6.07, 6.45) is 2.11. The monoisotopic (exact) mass is 295 g/mol. The summed E-state index contributed by atoms with van der Waals surface area (Å²) in [6.45, 7) is 0.209. The molecule has 0 unspecified atom stereocenters. The second-order valence-electron chi connectivity index (χ2n) is 5.14. The van der Waals surface area contributed by atoms with Crippen molar-refractivity contribution in [2.75, 3.05) is 19.7 Å². The quantitative estimate of drug-likeness (QED) is 0.795. The molecule has 5 nitrogen and oxygen atoms in total. The molecule has 0 saturated heterocycles. The molecule has 0 spiro atoms. The van der Waals surface area contributed by atoms with Crippen LogP contribution in [0.1, 0.15) is 19.3 Å². The van der Waals surface area contributed by atoms with Crippen molar-refractivity contribution in [2.45, 2.75) is 19.3 Å². The minimum atomic E-state index is -1.03. The fourth-order valence-corrected chi connectivity index (χ4v) is 2.00. The van der Waals surface area contributed by atoms with Gasteiger partial charge in [-0.15, -0.1) is 0 Å². The third-order valence-corrected chi connectivity index (χ3v) is 3.26. The molecule has 0 aromatic heterocycles. The van der Waals surface area contributed by atoms with Gasteiger partial charge in [-0.3, -0.25) is 9.59 Å². The SMILES string of the molecule is O=C(O)CN(CC1CC1)C(=O)CCOc1ccccc1F. The Kier molecular flexibility index (Phi) is 5.14. The van der Waals surface area contributed by atoms with Gasteiger partial charge < -0.3 is 14.7 Å². The van der Waals surface area contributed by atoms with E-state index in [-0.39, 0.29) is 31.2 Å². The molecule has 6 heteroatoms. The van der Waals surface area contributed by atoms with E-state index in [1.165, 1.54) is 17.0 Å². The smallest absolute Gasteiger partial charge is 0.323 e. The van der Waals surface area contributed by atoms with Crippen LogP contribution in [0.15, 0.2) is 24.3 Å². The maximum absolute atomic E-state index is 13.3. The van der Waals surface area contributed by atoms with Gasteiger partial charge in [-0.25, -0.2) is 4.39 Å². The van der Waals surface area contributed by atoms with E-state index in [2.05, 4.69) is 0 Å². The van der Waals surface area contributed by atoms with Crippen LogP contribution in [0.2, 0.25) is 0 Å². The lowest BCUT2D eigenvalue weighted by Crippen LogP contribution is -2.37. The van der Waals surface area contributed by atoms with Gasteiger partial charge >= 0.3 is 5.97 Å². The standard InChI is InChI=1S/C15H18FNO4/c16-12-3-1-2-4-13(12)21-8-7-14(18)17(10-15(19)20)9-11-5-6-11/h1-4,11H,5-10H2,(H,19,20). The molecule has 0 bridgehead atoms. The second kappa shape index (κ2) is 7.06. The molecule has 2 rings (SSSR count). The van der Waals surface area contributed by atoms with Crippen molar-refractivity contribution < 1.29 is 23.8 Å². The molecule has 1 saturated carbocycles. The summed E-state index contributed by atoms with van der Waals surface area (Å²) < 4.78 is 18.5. The minimum absolute atomic E-state index is 0.0283. The van der Waals surface area contributed by atoms with Crippen LogP contribution in [0.3, 0.4) is 0 Å². The number of hydrogen-bond acceptors (Lipinski definition) is 3. The van der Waals surface area contributed by atoms with Crippen molar-refractivity contribution in [1.29, 1.82) is 0 Å². The molecule has 21 heavy (non-hydrogen) atoms. The summed E-state index contributed by atoms with van der Waals surface area (Å²) in [5.41, 5.74) is 0. The van der Waals surface area contributed by atoms with Gasteiger partial charge in [0.1, 0.15) is 6.54 Å². The van der Waals surface area contributed by atoms with E-state index in [9.17, 15) is 14.0 Å². The van der Waals surface area contributed by atoms with Gasteiger partial charge in [0.05, 0.1) is 13.0 Å². The number of carboxylic acid groups (broad SMARTS) is 1. The number of carbonyl (C=O) groups is 2. The zero-order valence-corrected chi connectivity index (χ0v) is 11.6. The van der Waals surface area contributed by atoms with Crippen LogP contribution < -0.4 is 4.74 Å². The number of carbonyl (C=O) groups excluding carboxylic acids is 1. The van der Waals surface area contributed by atoms with Crippen molar-refractivity contribution in [3.63, 3.8) is 0 Å². The summed E-state index contributed by atoms with van der Waals surface area (Å²) in [6, 6.07) is 5.96. The highest BCUT2D eigenvalue weighted by Gasteiger charge is 2.27. The van der Waals surface area contributed by atoms with E-state index in [4.69, 9.17) is 9.84 Å². The van der Waals surface area contributed by atoms with E-state index >= 15 is 0 Å². The summed E-state index contributed by atoms with van der Waals surface area (Å²) in [4.78, 5) is 24.1. The number of rotatable bonds is 8. The molecular weight excluding hydrogens is 277 g/mol. The third kappa shape index (κ3) is 5.06. The molecule has 1 amide bonds. The lowest BCUT2D eigenvalue weighted by atomic mass is 10.3. The number of nitrogens with zero attached hydrogens (tertiary/aromatic N) is 1. The highest BCUT2D eigenvalue weighted by atomic mass is 19.1. The molecule has 1 aromatic carbocycles. The average Bonchev–Trinajstić information content (AvgIpc) is 3.23. The number of halogens is 1. The molecule has 1 fully saturated rings. The van der Waals surface area contributed by atoms with Crippen LogP contribution in [-0.4, -0.2) is 41.6 Å². The number of ether oxygens (including phenoxy) is 1. The Balaban J connectivity index is 1.80. The van der Waals surface area contributed by atoms with Crippen LogP contribution in [-0.2, 0) is 9.59 Å². The lowest BCUT2D eigenvalue weighted by molar-refractivity contribution is -0.144. The zero-order chi connectivity index (χ0) is 15.2. The first-order valence-electron chi connectivity index (χ1n) is 6.93. The largest absolute Gasteiger partial charge is 0.490 e. The number of para-hydroxylation sites is 1. The fourth-order valence-electron chi connectivity index (χ4n) is 2.00. The second-order valence-corrected chi connectivity index (χ2v) is 5.14. The highest BCUT2D eigenvalue weighted by Crippen LogP contribution is 2.29. The Bertz CT molecular complexity index is 516. The predicted octanol–water partition coefficient (Wildman–Crippen LogP) is 1.92. The van der Waals surface area contributed by atoms with Crippen molar-refractivity contribution in [3.05, 3.63) is 30.1 Å². The van der Waals surface area contributed by atoms with Gasteiger partial charge in [0, 0.05) is 6.54 Å². The fraction of sp³-hybridized carbons (Fsp3) is 0.467. The maximum Gasteiger partial charge on any atom is 0.323 e. The van der Waals surface area contributed by atoms with E-state index in [1.54, 1.807) is 12.1 Å². The summed E-state index contributed by atoms with van der Waals surface area (Å²) in [7, 11) is 0. The highest BCUT2D eigenvalue weighted by molar-refractivity contribution is 5.81. The molecule has 0 aliphatic heterocycles. The summed E-state index contributed by atoms with van der Waals surface area (Å²) >= 11 is 0. The Morgan fingerprint density at radius 2 is 2.05 bits per heavy atom. The number of carboxylic acids is 1. The third-order valence-electron chi connectivity index (χ3n) is 3.26. The number of aliphatic carboxylic acids is 1. The van der Waals surface area contributed by atoms with Gasteiger partial charge in [-0.05, 0) is 30.9 Å². The molecule has 0 atom stereocenters. The molecule has 114 valence electrons. The van der Waals surface area contributed by atoms with Crippen LogP contribution in [0.4, 0.5) is 4.39 Å². The van der Waals surface area contributed by atoms with Gasteiger partial charge in [-0.1, -0.05) is 12.1 Å². The zero-order valence-electron chi connectivity index (χ0n) is 11.6. The van der Waals surface area contributed by atoms with Gasteiger partial charge in [-0.2, -0.15) is 0 Å². The van der Waals surface area contributed by atoms with Crippen molar-refractivity contribution in [1.82, 2.24) is 4.90 Å². The molecule has 0 heterocycles. The van der Waals surface area contributed by atoms with Gasteiger partial charge in [0.15, 0.2) is 11.6 Å². The molecule has 1 N–H and O–H groups in total. The van der Waals surface area contributed by atoms with E-state index in [1.807, 2.05) is 0 Å². The molecular formula is C15H18FNO4. The average molecular weight is 295 g/mol. The molecule has 0 radical (unpaired) electrons. The Labute approximate surface area is 122 Å². The first-order chi connectivity index (χ1) is 10.1. The van der Waals surface area contributed by atoms with Gasteiger partial charge in [0.25, 0.3) is 0 Å². The topological polar surface area (TPSA) is 66.8 Å². The lowest BCUT2D eigenvalue weighted by Gasteiger charge is -2.20. The van der Waals surface area contributed by atoms with Gasteiger partial charge in [0.2, 0.25) is 5.91 Å². The summed E-state index contributed by atoms with van der Waals surface area (Å²) in [5, 5.41) is 8.83. The maximum atomic E-state index is 13.3. The first-order valence-corrected chi connectivity index (χ1v) is 6.93. The van der Waals surface area contributed by atoms with Crippen molar-refractivity contribution in [2.24, 2.45) is 5.92 Å². The van der Waals surface area contributed by atoms with Crippen molar-refractivity contribution >= 4 is 11.9 Å². The van der Waals surface area contributed by atoms with Crippen LogP contribution in [0.25, 0.3) is 0 Å². The summed E-state index contributed by atoms with van der Waals surface area (Å²) in [5.74, 6) is -1.27. The number of amides is 1. The predicted molar refractivity (Wildman–Crippen MR) is 73.5 cm³/mol. The van der Waals surface area contributed by atoms with E-state index < -0.39 is 11.8 Å². The normalized spacial score (nSPS) is 13.8. The first kappa shape index (κ1) is 15.3. The Hall–Kier alpha value is -2.11. The Morgan fingerprint density at radius 3 is 2.67 bits per heavy atom. The van der Waals surface area contributed by atoms with E-state index in [0.29, 0.717) is 12.5 Å². The van der Waals surface area contributed by atoms with Crippen LogP contribution in [0.5, 0.6) is 5.75 Å². The number of hydrogen-bond donors (Lipinski definition) is 1. The molecule has 1 aliphatic rings. The number of benzene rings is 1. The van der Waals surface area contributed by atoms with Crippen LogP contribution >= 0.6 is 0 Å². The molecule has 1 aromatic rings. The Morgan fingerprint density at radius 1 is 1.33 bits per heavy atom. The van der Waals surface area contributed by atoms with E-state index in [0.717, 1.165) is 12.8 Å². The van der Waals surface area contributed by atoms with Crippen LogP contribution in [0, 0.1) is 11.7 Å².